The monoisotopic (exact) mass is 258 g/mol. The molecule has 0 bridgehead atoms. The number of hydrogen-bond donors (Lipinski definition) is 0. The molecule has 0 amide bonds. The largest absolute Gasteiger partial charge is 0.416 e. The van der Waals surface area contributed by atoms with E-state index in [0.717, 1.165) is 5.56 Å². The Kier molecular flexibility index (Phi) is 3.59. The van der Waals surface area contributed by atoms with Gasteiger partial charge in [0.25, 0.3) is 0 Å². The first-order chi connectivity index (χ1) is 7.85. The van der Waals surface area contributed by atoms with E-state index in [1.807, 2.05) is 41.5 Å². The van der Waals surface area contributed by atoms with Crippen LogP contribution in [0.15, 0.2) is 18.2 Å². The standard InChI is InChI=1S/C15H21F3/c1-13(2,3)10-8-7-9-11(15(16,17)18)12(10)14(4,5)6/h7-9H,1-6H3. The van der Waals surface area contributed by atoms with Gasteiger partial charge in [-0.05, 0) is 28.0 Å². The van der Waals surface area contributed by atoms with Crippen LogP contribution in [0.5, 0.6) is 0 Å². The Morgan fingerprint density at radius 2 is 1.17 bits per heavy atom. The smallest absolute Gasteiger partial charge is 0.166 e. The molecule has 0 unspecified atom stereocenters. The highest BCUT2D eigenvalue weighted by atomic mass is 19.4. The average Bonchev–Trinajstić information content (AvgIpc) is 2.12. The normalized spacial score (nSPS) is 13.8. The van der Waals surface area contributed by atoms with E-state index in [4.69, 9.17) is 0 Å². The van der Waals surface area contributed by atoms with Gasteiger partial charge in [-0.3, -0.25) is 0 Å². The third-order valence-electron chi connectivity index (χ3n) is 2.93. The van der Waals surface area contributed by atoms with Crippen LogP contribution in [0.4, 0.5) is 13.2 Å². The molecule has 1 aromatic rings. The highest BCUT2D eigenvalue weighted by molar-refractivity contribution is 5.45. The molecule has 0 aliphatic heterocycles. The number of benzene rings is 1. The van der Waals surface area contributed by atoms with Crippen LogP contribution in [-0.2, 0) is 17.0 Å². The Balaban J connectivity index is 3.68. The summed E-state index contributed by atoms with van der Waals surface area (Å²) in [6.45, 7) is 11.3. The van der Waals surface area contributed by atoms with Crippen molar-refractivity contribution in [3.8, 4) is 0 Å². The first-order valence-electron chi connectivity index (χ1n) is 6.06. The van der Waals surface area contributed by atoms with Crippen molar-refractivity contribution in [3.05, 3.63) is 34.9 Å². The summed E-state index contributed by atoms with van der Waals surface area (Å²) in [7, 11) is 0. The van der Waals surface area contributed by atoms with Gasteiger partial charge in [0.1, 0.15) is 0 Å². The van der Waals surface area contributed by atoms with Gasteiger partial charge in [-0.15, -0.1) is 0 Å². The van der Waals surface area contributed by atoms with Gasteiger partial charge >= 0.3 is 6.18 Å². The summed E-state index contributed by atoms with van der Waals surface area (Å²) >= 11 is 0. The lowest BCUT2D eigenvalue weighted by molar-refractivity contribution is -0.138. The third-order valence-corrected chi connectivity index (χ3v) is 2.93. The third kappa shape index (κ3) is 3.06. The lowest BCUT2D eigenvalue weighted by Gasteiger charge is -2.32. The molecule has 1 rings (SSSR count). The van der Waals surface area contributed by atoms with Crippen LogP contribution in [0.2, 0.25) is 0 Å². The van der Waals surface area contributed by atoms with Crippen molar-refractivity contribution in [2.24, 2.45) is 0 Å². The van der Waals surface area contributed by atoms with Crippen LogP contribution in [-0.4, -0.2) is 0 Å². The zero-order chi connectivity index (χ0) is 14.4. The molecule has 0 aliphatic carbocycles. The molecule has 0 spiro atoms. The molecule has 0 heterocycles. The number of hydrogen-bond acceptors (Lipinski definition) is 0. The first kappa shape index (κ1) is 15.1. The van der Waals surface area contributed by atoms with E-state index in [0.29, 0.717) is 5.56 Å². The maximum Gasteiger partial charge on any atom is 0.416 e. The Morgan fingerprint density at radius 3 is 1.50 bits per heavy atom. The molecule has 0 atom stereocenters. The topological polar surface area (TPSA) is 0 Å². The molecule has 0 N–H and O–H groups in total. The zero-order valence-corrected chi connectivity index (χ0v) is 11.9. The van der Waals surface area contributed by atoms with E-state index < -0.39 is 17.2 Å². The van der Waals surface area contributed by atoms with Crippen molar-refractivity contribution in [2.45, 2.75) is 58.5 Å². The Morgan fingerprint density at radius 1 is 0.722 bits per heavy atom. The van der Waals surface area contributed by atoms with Gasteiger partial charge in [-0.1, -0.05) is 53.7 Å². The highest BCUT2D eigenvalue weighted by Gasteiger charge is 2.39. The van der Waals surface area contributed by atoms with Crippen molar-refractivity contribution < 1.29 is 13.2 Å². The van der Waals surface area contributed by atoms with E-state index in [2.05, 4.69) is 0 Å². The highest BCUT2D eigenvalue weighted by Crippen LogP contribution is 2.42. The molecule has 102 valence electrons. The average molecular weight is 258 g/mol. The second-order valence-corrected chi connectivity index (χ2v) is 6.73. The summed E-state index contributed by atoms with van der Waals surface area (Å²) in [5, 5.41) is 0. The minimum atomic E-state index is -4.30. The van der Waals surface area contributed by atoms with Gasteiger partial charge < -0.3 is 0 Å². The number of alkyl halides is 3. The van der Waals surface area contributed by atoms with Gasteiger partial charge in [0.15, 0.2) is 0 Å². The Bertz CT molecular complexity index is 396. The van der Waals surface area contributed by atoms with Gasteiger partial charge in [0.05, 0.1) is 5.56 Å². The van der Waals surface area contributed by atoms with Gasteiger partial charge in [0, 0.05) is 0 Å². The minimum absolute atomic E-state index is 0.302. The SMILES string of the molecule is CC(C)(C)c1cccc(C(F)(F)F)c1C(C)(C)C. The Labute approximate surface area is 107 Å². The fourth-order valence-electron chi connectivity index (χ4n) is 2.22. The van der Waals surface area contributed by atoms with E-state index in [-0.39, 0.29) is 5.41 Å². The summed E-state index contributed by atoms with van der Waals surface area (Å²) < 4.78 is 39.4. The van der Waals surface area contributed by atoms with E-state index in [1.54, 1.807) is 6.07 Å². The molecule has 0 aromatic heterocycles. The predicted molar refractivity (Wildman–Crippen MR) is 68.8 cm³/mol. The van der Waals surface area contributed by atoms with Crippen LogP contribution >= 0.6 is 0 Å². The second-order valence-electron chi connectivity index (χ2n) is 6.73. The number of rotatable bonds is 0. The molecule has 0 nitrogen and oxygen atoms in total. The lowest BCUT2D eigenvalue weighted by atomic mass is 9.73. The van der Waals surface area contributed by atoms with Crippen molar-refractivity contribution in [3.63, 3.8) is 0 Å². The van der Waals surface area contributed by atoms with E-state index in [9.17, 15) is 13.2 Å². The van der Waals surface area contributed by atoms with E-state index in [1.165, 1.54) is 12.1 Å². The molecule has 0 fully saturated rings. The molecular formula is C15H21F3. The summed E-state index contributed by atoms with van der Waals surface area (Å²) in [6.07, 6.45) is -4.30. The van der Waals surface area contributed by atoms with Gasteiger partial charge in [0.2, 0.25) is 0 Å². The zero-order valence-electron chi connectivity index (χ0n) is 11.9. The molecular weight excluding hydrogens is 237 g/mol. The first-order valence-corrected chi connectivity index (χ1v) is 6.06. The molecule has 18 heavy (non-hydrogen) atoms. The molecule has 3 heteroatoms. The van der Waals surface area contributed by atoms with Crippen LogP contribution in [0.25, 0.3) is 0 Å². The molecule has 0 saturated heterocycles. The summed E-state index contributed by atoms with van der Waals surface area (Å²) in [6, 6.07) is 4.48. The maximum atomic E-state index is 13.1. The van der Waals surface area contributed by atoms with Crippen LogP contribution in [0.3, 0.4) is 0 Å². The van der Waals surface area contributed by atoms with Crippen molar-refractivity contribution in [1.82, 2.24) is 0 Å². The lowest BCUT2D eigenvalue weighted by Crippen LogP contribution is -2.26. The van der Waals surface area contributed by atoms with Gasteiger partial charge in [-0.25, -0.2) is 0 Å². The molecule has 0 saturated carbocycles. The molecule has 0 aliphatic rings. The van der Waals surface area contributed by atoms with Gasteiger partial charge in [-0.2, -0.15) is 13.2 Å². The summed E-state index contributed by atoms with van der Waals surface area (Å²) in [4.78, 5) is 0. The van der Waals surface area contributed by atoms with Crippen LogP contribution < -0.4 is 0 Å². The fourth-order valence-corrected chi connectivity index (χ4v) is 2.22. The van der Waals surface area contributed by atoms with Crippen molar-refractivity contribution >= 4 is 0 Å². The summed E-state index contributed by atoms with van der Waals surface area (Å²) in [5.74, 6) is 0. The van der Waals surface area contributed by atoms with Crippen LogP contribution in [0.1, 0.15) is 58.2 Å². The van der Waals surface area contributed by atoms with Crippen molar-refractivity contribution in [2.75, 3.05) is 0 Å². The minimum Gasteiger partial charge on any atom is -0.166 e. The molecule has 0 radical (unpaired) electrons. The summed E-state index contributed by atoms with van der Waals surface area (Å²) in [5.41, 5.74) is -0.171. The maximum absolute atomic E-state index is 13.1. The number of halogens is 3. The van der Waals surface area contributed by atoms with Crippen LogP contribution in [0, 0.1) is 0 Å². The molecule has 1 aromatic carbocycles. The predicted octanol–water partition coefficient (Wildman–Crippen LogP) is 5.30. The second kappa shape index (κ2) is 4.29. The van der Waals surface area contributed by atoms with E-state index >= 15 is 0 Å². The Hall–Kier alpha value is -0.990. The van der Waals surface area contributed by atoms with Crippen molar-refractivity contribution in [1.29, 1.82) is 0 Å². The quantitative estimate of drug-likeness (QED) is 0.592. The fraction of sp³-hybridized carbons (Fsp3) is 0.600.